The summed E-state index contributed by atoms with van der Waals surface area (Å²) in [6, 6.07) is 0. The molecule has 1 aliphatic rings. The standard InChI is InChI=1S/C12H24O/c1-11(2)12(9-10-13)7-5-3-4-6-8-12/h11,13H,3-10H2,1-2H3. The summed E-state index contributed by atoms with van der Waals surface area (Å²) in [5.74, 6) is 0.734. The van der Waals surface area contributed by atoms with Crippen LogP contribution in [-0.2, 0) is 0 Å². The van der Waals surface area contributed by atoms with Gasteiger partial charge in [-0.3, -0.25) is 0 Å². The number of hydrogen-bond donors (Lipinski definition) is 1. The summed E-state index contributed by atoms with van der Waals surface area (Å²) in [5.41, 5.74) is 0.464. The molecular weight excluding hydrogens is 160 g/mol. The van der Waals surface area contributed by atoms with Crippen LogP contribution >= 0.6 is 0 Å². The third kappa shape index (κ3) is 2.70. The first-order valence-corrected chi connectivity index (χ1v) is 5.82. The first kappa shape index (κ1) is 11.0. The average molecular weight is 184 g/mol. The highest BCUT2D eigenvalue weighted by Crippen LogP contribution is 2.43. The van der Waals surface area contributed by atoms with E-state index < -0.39 is 0 Å². The van der Waals surface area contributed by atoms with Crippen molar-refractivity contribution in [3.8, 4) is 0 Å². The maximum Gasteiger partial charge on any atom is 0.0436 e. The first-order valence-electron chi connectivity index (χ1n) is 5.82. The smallest absolute Gasteiger partial charge is 0.0436 e. The Hall–Kier alpha value is -0.0400. The number of hydrogen-bond acceptors (Lipinski definition) is 1. The van der Waals surface area contributed by atoms with E-state index in [1.165, 1.54) is 38.5 Å². The van der Waals surface area contributed by atoms with Gasteiger partial charge in [-0.25, -0.2) is 0 Å². The van der Waals surface area contributed by atoms with E-state index in [1.807, 2.05) is 0 Å². The number of rotatable bonds is 3. The minimum atomic E-state index is 0.373. The zero-order valence-electron chi connectivity index (χ0n) is 9.18. The molecule has 1 fully saturated rings. The van der Waals surface area contributed by atoms with Crippen molar-refractivity contribution in [1.29, 1.82) is 0 Å². The molecule has 13 heavy (non-hydrogen) atoms. The fourth-order valence-electron chi connectivity index (χ4n) is 2.77. The average Bonchev–Trinajstić information content (AvgIpc) is 2.31. The highest BCUT2D eigenvalue weighted by Gasteiger charge is 2.33. The highest BCUT2D eigenvalue weighted by atomic mass is 16.3. The topological polar surface area (TPSA) is 20.2 Å². The summed E-state index contributed by atoms with van der Waals surface area (Å²) in [6.45, 7) is 5.01. The lowest BCUT2D eigenvalue weighted by Crippen LogP contribution is -2.27. The molecule has 1 nitrogen and oxygen atoms in total. The van der Waals surface area contributed by atoms with Crippen LogP contribution in [0.5, 0.6) is 0 Å². The Labute approximate surface area is 82.5 Å². The Morgan fingerprint density at radius 3 is 2.00 bits per heavy atom. The summed E-state index contributed by atoms with van der Waals surface area (Å²) >= 11 is 0. The molecule has 1 saturated carbocycles. The minimum Gasteiger partial charge on any atom is -0.396 e. The van der Waals surface area contributed by atoms with Crippen LogP contribution in [0, 0.1) is 11.3 Å². The van der Waals surface area contributed by atoms with Crippen molar-refractivity contribution < 1.29 is 5.11 Å². The molecule has 1 heteroatoms. The lowest BCUT2D eigenvalue weighted by Gasteiger charge is -2.36. The van der Waals surface area contributed by atoms with Crippen molar-refractivity contribution in [2.45, 2.75) is 58.8 Å². The van der Waals surface area contributed by atoms with Crippen LogP contribution < -0.4 is 0 Å². The second-order valence-electron chi connectivity index (χ2n) is 4.90. The zero-order chi connectivity index (χ0) is 9.73. The fraction of sp³-hybridized carbons (Fsp3) is 1.00. The summed E-state index contributed by atoms with van der Waals surface area (Å²) in [7, 11) is 0. The van der Waals surface area contributed by atoms with Crippen molar-refractivity contribution in [3.05, 3.63) is 0 Å². The van der Waals surface area contributed by atoms with Gasteiger partial charge in [-0.1, -0.05) is 39.5 Å². The largest absolute Gasteiger partial charge is 0.396 e. The molecule has 0 aromatic rings. The molecule has 0 unspecified atom stereocenters. The van der Waals surface area contributed by atoms with Crippen LogP contribution in [0.3, 0.4) is 0 Å². The maximum absolute atomic E-state index is 9.12. The summed E-state index contributed by atoms with van der Waals surface area (Å²) in [4.78, 5) is 0. The van der Waals surface area contributed by atoms with E-state index in [9.17, 15) is 0 Å². The van der Waals surface area contributed by atoms with Gasteiger partial charge in [0.2, 0.25) is 0 Å². The van der Waals surface area contributed by atoms with Crippen molar-refractivity contribution in [3.63, 3.8) is 0 Å². The van der Waals surface area contributed by atoms with E-state index in [0.29, 0.717) is 12.0 Å². The van der Waals surface area contributed by atoms with Gasteiger partial charge in [0.15, 0.2) is 0 Å². The fourth-order valence-corrected chi connectivity index (χ4v) is 2.77. The second kappa shape index (κ2) is 4.99. The summed E-state index contributed by atoms with van der Waals surface area (Å²) < 4.78 is 0. The van der Waals surface area contributed by atoms with E-state index >= 15 is 0 Å². The summed E-state index contributed by atoms with van der Waals surface area (Å²) in [5, 5.41) is 9.12. The van der Waals surface area contributed by atoms with Gasteiger partial charge in [-0.15, -0.1) is 0 Å². The highest BCUT2D eigenvalue weighted by molar-refractivity contribution is 4.84. The van der Waals surface area contributed by atoms with Gasteiger partial charge in [0.25, 0.3) is 0 Å². The van der Waals surface area contributed by atoms with Crippen LogP contribution in [0.15, 0.2) is 0 Å². The van der Waals surface area contributed by atoms with Crippen molar-refractivity contribution in [1.82, 2.24) is 0 Å². The quantitative estimate of drug-likeness (QED) is 0.667. The van der Waals surface area contributed by atoms with Gasteiger partial charge in [-0.05, 0) is 30.6 Å². The Bertz CT molecular complexity index is 132. The predicted octanol–water partition coefficient (Wildman–Crippen LogP) is 3.37. The van der Waals surface area contributed by atoms with Gasteiger partial charge >= 0.3 is 0 Å². The zero-order valence-corrected chi connectivity index (χ0v) is 9.18. The molecule has 0 aliphatic heterocycles. The van der Waals surface area contributed by atoms with E-state index in [1.54, 1.807) is 0 Å². The molecule has 0 radical (unpaired) electrons. The molecule has 1 rings (SSSR count). The SMILES string of the molecule is CC(C)C1(CCO)CCCCCC1. The Balaban J connectivity index is 2.62. The maximum atomic E-state index is 9.12. The monoisotopic (exact) mass is 184 g/mol. The van der Waals surface area contributed by atoms with Crippen LogP contribution in [0.25, 0.3) is 0 Å². The molecule has 1 N–H and O–H groups in total. The van der Waals surface area contributed by atoms with Gasteiger partial charge in [0.1, 0.15) is 0 Å². The van der Waals surface area contributed by atoms with Gasteiger partial charge < -0.3 is 5.11 Å². The van der Waals surface area contributed by atoms with E-state index in [0.717, 1.165) is 12.3 Å². The normalized spacial score (nSPS) is 23.1. The van der Waals surface area contributed by atoms with Crippen LogP contribution in [0.2, 0.25) is 0 Å². The Morgan fingerprint density at radius 1 is 1.08 bits per heavy atom. The predicted molar refractivity (Wildman–Crippen MR) is 56.7 cm³/mol. The lowest BCUT2D eigenvalue weighted by atomic mass is 9.69. The molecular formula is C12H24O. The third-order valence-electron chi connectivity index (χ3n) is 3.93. The molecule has 78 valence electrons. The van der Waals surface area contributed by atoms with Crippen LogP contribution in [0.4, 0.5) is 0 Å². The second-order valence-corrected chi connectivity index (χ2v) is 4.90. The molecule has 0 aromatic carbocycles. The molecule has 0 atom stereocenters. The molecule has 0 bridgehead atoms. The number of aliphatic hydroxyl groups excluding tert-OH is 1. The Morgan fingerprint density at radius 2 is 1.62 bits per heavy atom. The van der Waals surface area contributed by atoms with Gasteiger partial charge in [0.05, 0.1) is 0 Å². The molecule has 0 amide bonds. The first-order chi connectivity index (χ1) is 6.21. The van der Waals surface area contributed by atoms with E-state index in [-0.39, 0.29) is 0 Å². The van der Waals surface area contributed by atoms with E-state index in [4.69, 9.17) is 5.11 Å². The molecule has 0 saturated heterocycles. The van der Waals surface area contributed by atoms with E-state index in [2.05, 4.69) is 13.8 Å². The minimum absolute atomic E-state index is 0.373. The summed E-state index contributed by atoms with van der Waals surface area (Å²) in [6.07, 6.45) is 9.25. The van der Waals surface area contributed by atoms with Crippen molar-refractivity contribution in [2.75, 3.05) is 6.61 Å². The van der Waals surface area contributed by atoms with Gasteiger partial charge in [-0.2, -0.15) is 0 Å². The van der Waals surface area contributed by atoms with Crippen LogP contribution in [-0.4, -0.2) is 11.7 Å². The van der Waals surface area contributed by atoms with Gasteiger partial charge in [0, 0.05) is 6.61 Å². The third-order valence-corrected chi connectivity index (χ3v) is 3.93. The molecule has 1 aliphatic carbocycles. The molecule has 0 heterocycles. The Kier molecular flexibility index (Phi) is 4.24. The van der Waals surface area contributed by atoms with Crippen LogP contribution in [0.1, 0.15) is 58.8 Å². The lowest BCUT2D eigenvalue weighted by molar-refractivity contribution is 0.105. The van der Waals surface area contributed by atoms with Crippen molar-refractivity contribution in [2.24, 2.45) is 11.3 Å². The number of aliphatic hydroxyl groups is 1. The molecule has 0 spiro atoms. The van der Waals surface area contributed by atoms with Crippen molar-refractivity contribution >= 4 is 0 Å². The molecule has 0 aromatic heterocycles.